The smallest absolute Gasteiger partial charge is 0.0915 e. The van der Waals surface area contributed by atoms with Gasteiger partial charge in [-0.25, -0.2) is 0 Å². The Bertz CT molecular complexity index is 504. The lowest BCUT2D eigenvalue weighted by molar-refractivity contribution is 0.0784. The van der Waals surface area contributed by atoms with Crippen LogP contribution in [0.1, 0.15) is 51.3 Å². The van der Waals surface area contributed by atoms with Crippen LogP contribution in [0.5, 0.6) is 0 Å². The molecule has 4 nitrogen and oxygen atoms in total. The molecule has 2 saturated heterocycles. The van der Waals surface area contributed by atoms with Crippen LogP contribution < -0.4 is 0 Å². The lowest BCUT2D eigenvalue weighted by atomic mass is 9.72. The number of hydrogen-bond donors (Lipinski definition) is 0. The molecule has 102 valence electrons. The van der Waals surface area contributed by atoms with Crippen molar-refractivity contribution < 1.29 is 4.74 Å². The van der Waals surface area contributed by atoms with Gasteiger partial charge in [0.05, 0.1) is 29.4 Å². The summed E-state index contributed by atoms with van der Waals surface area (Å²) in [5.41, 5.74) is 0.690. The third-order valence-electron chi connectivity index (χ3n) is 4.74. The lowest BCUT2D eigenvalue weighted by Gasteiger charge is -2.27. The maximum atomic E-state index is 9.60. The van der Waals surface area contributed by atoms with E-state index in [9.17, 15) is 5.26 Å². The van der Waals surface area contributed by atoms with E-state index in [1.54, 1.807) is 0 Å². The van der Waals surface area contributed by atoms with Crippen molar-refractivity contribution in [1.29, 1.82) is 5.26 Å². The van der Waals surface area contributed by atoms with Gasteiger partial charge in [-0.3, -0.25) is 4.68 Å². The predicted molar refractivity (Wildman–Crippen MR) is 71.5 cm³/mol. The summed E-state index contributed by atoms with van der Waals surface area (Å²) in [5, 5.41) is 14.2. The zero-order valence-electron chi connectivity index (χ0n) is 11.7. The summed E-state index contributed by atoms with van der Waals surface area (Å²) in [7, 11) is 0. The van der Waals surface area contributed by atoms with Crippen LogP contribution in [-0.4, -0.2) is 22.0 Å². The number of nitriles is 1. The molecular weight excluding hydrogens is 238 g/mol. The highest BCUT2D eigenvalue weighted by Gasteiger charge is 2.53. The van der Waals surface area contributed by atoms with Gasteiger partial charge in [-0.15, -0.1) is 0 Å². The molecule has 3 rings (SSSR count). The molecular formula is C15H21N3O. The van der Waals surface area contributed by atoms with Crippen molar-refractivity contribution in [3.8, 4) is 6.07 Å². The Morgan fingerprint density at radius 3 is 3.05 bits per heavy atom. The molecule has 19 heavy (non-hydrogen) atoms. The molecule has 0 radical (unpaired) electrons. The Labute approximate surface area is 114 Å². The summed E-state index contributed by atoms with van der Waals surface area (Å²) in [5.74, 6) is 0. The quantitative estimate of drug-likeness (QED) is 0.835. The Balaban J connectivity index is 1.77. The number of hydrogen-bond acceptors (Lipinski definition) is 3. The van der Waals surface area contributed by atoms with Crippen LogP contribution in [0.25, 0.3) is 0 Å². The summed E-state index contributed by atoms with van der Waals surface area (Å²) in [6.07, 6.45) is 7.29. The highest BCUT2D eigenvalue weighted by atomic mass is 16.5. The van der Waals surface area contributed by atoms with Gasteiger partial charge in [-0.2, -0.15) is 10.4 Å². The van der Waals surface area contributed by atoms with Crippen LogP contribution in [0.15, 0.2) is 12.3 Å². The highest BCUT2D eigenvalue weighted by molar-refractivity contribution is 5.18. The van der Waals surface area contributed by atoms with Gasteiger partial charge >= 0.3 is 0 Å². The van der Waals surface area contributed by atoms with Gasteiger partial charge in [0.2, 0.25) is 0 Å². The predicted octanol–water partition coefficient (Wildman–Crippen LogP) is 2.86. The summed E-state index contributed by atoms with van der Waals surface area (Å²) in [6, 6.07) is 5.01. The second-order valence-electron chi connectivity index (χ2n) is 6.02. The SMILES string of the molecule is CCC(C)n1ccc(CC2(C#N)CC3CCC2O3)n1. The first-order valence-corrected chi connectivity index (χ1v) is 7.27. The molecule has 1 aromatic heterocycles. The van der Waals surface area contributed by atoms with Crippen molar-refractivity contribution in [3.63, 3.8) is 0 Å². The molecule has 4 unspecified atom stereocenters. The fourth-order valence-corrected chi connectivity index (χ4v) is 3.37. The van der Waals surface area contributed by atoms with Crippen molar-refractivity contribution in [1.82, 2.24) is 9.78 Å². The lowest BCUT2D eigenvalue weighted by Crippen LogP contribution is -2.33. The first kappa shape index (κ1) is 12.7. The molecule has 0 N–H and O–H groups in total. The average Bonchev–Trinajstić information content (AvgIpc) is 3.13. The number of nitrogens with zero attached hydrogens (tertiary/aromatic N) is 3. The molecule has 2 bridgehead atoms. The number of rotatable bonds is 4. The van der Waals surface area contributed by atoms with Gasteiger partial charge in [0.1, 0.15) is 0 Å². The van der Waals surface area contributed by atoms with Crippen molar-refractivity contribution in [2.45, 2.75) is 64.2 Å². The van der Waals surface area contributed by atoms with Crippen molar-refractivity contribution in [2.75, 3.05) is 0 Å². The Morgan fingerprint density at radius 2 is 2.47 bits per heavy atom. The van der Waals surface area contributed by atoms with E-state index in [-0.39, 0.29) is 11.5 Å². The molecule has 2 aliphatic heterocycles. The van der Waals surface area contributed by atoms with E-state index < -0.39 is 0 Å². The summed E-state index contributed by atoms with van der Waals surface area (Å²) in [6.45, 7) is 4.32. The molecule has 3 heterocycles. The van der Waals surface area contributed by atoms with E-state index in [0.29, 0.717) is 12.1 Å². The normalized spacial score (nSPS) is 34.4. The fraction of sp³-hybridized carbons (Fsp3) is 0.733. The molecule has 4 heteroatoms. The Kier molecular flexibility index (Phi) is 3.10. The molecule has 4 atom stereocenters. The third kappa shape index (κ3) is 2.06. The first-order chi connectivity index (χ1) is 9.16. The van der Waals surface area contributed by atoms with Gasteiger partial charge in [-0.05, 0) is 38.7 Å². The van der Waals surface area contributed by atoms with Crippen LogP contribution >= 0.6 is 0 Å². The number of aromatic nitrogens is 2. The third-order valence-corrected chi connectivity index (χ3v) is 4.74. The average molecular weight is 259 g/mol. The van der Waals surface area contributed by atoms with E-state index in [1.807, 2.05) is 10.9 Å². The minimum absolute atomic E-state index is 0.122. The highest BCUT2D eigenvalue weighted by Crippen LogP contribution is 2.49. The first-order valence-electron chi connectivity index (χ1n) is 7.27. The Morgan fingerprint density at radius 1 is 1.63 bits per heavy atom. The summed E-state index contributed by atoms with van der Waals surface area (Å²) < 4.78 is 7.88. The zero-order chi connectivity index (χ0) is 13.5. The van der Waals surface area contributed by atoms with Crippen LogP contribution in [0.2, 0.25) is 0 Å². The van der Waals surface area contributed by atoms with Crippen molar-refractivity contribution in [3.05, 3.63) is 18.0 Å². The van der Waals surface area contributed by atoms with Gasteiger partial charge in [0.15, 0.2) is 0 Å². The second kappa shape index (κ2) is 4.64. The maximum Gasteiger partial charge on any atom is 0.0915 e. The molecule has 1 aromatic rings. The van der Waals surface area contributed by atoms with Gasteiger partial charge < -0.3 is 4.74 Å². The van der Waals surface area contributed by atoms with Crippen LogP contribution in [0, 0.1) is 16.7 Å². The standard InChI is InChI=1S/C15H21N3O/c1-3-11(2)18-7-6-12(17-18)8-15(10-16)9-13-4-5-14(15)19-13/h6-7,11,13-14H,3-5,8-9H2,1-2H3. The number of fused-ring (bicyclic) bond motifs is 2. The van der Waals surface area contributed by atoms with Gasteiger partial charge in [-0.1, -0.05) is 6.92 Å². The van der Waals surface area contributed by atoms with E-state index in [0.717, 1.165) is 37.8 Å². The molecule has 0 aliphatic carbocycles. The van der Waals surface area contributed by atoms with Crippen molar-refractivity contribution in [2.24, 2.45) is 5.41 Å². The largest absolute Gasteiger partial charge is 0.373 e. The topological polar surface area (TPSA) is 50.8 Å². The molecule has 0 amide bonds. The summed E-state index contributed by atoms with van der Waals surface area (Å²) >= 11 is 0. The molecule has 0 aromatic carbocycles. The molecule has 2 fully saturated rings. The molecule has 2 aliphatic rings. The van der Waals surface area contributed by atoms with Gasteiger partial charge in [0.25, 0.3) is 0 Å². The van der Waals surface area contributed by atoms with Crippen LogP contribution in [0.3, 0.4) is 0 Å². The molecule has 0 spiro atoms. The van der Waals surface area contributed by atoms with E-state index >= 15 is 0 Å². The minimum Gasteiger partial charge on any atom is -0.373 e. The minimum atomic E-state index is -0.336. The Hall–Kier alpha value is -1.34. The monoisotopic (exact) mass is 259 g/mol. The zero-order valence-corrected chi connectivity index (χ0v) is 11.7. The molecule has 0 saturated carbocycles. The van der Waals surface area contributed by atoms with Crippen LogP contribution in [0.4, 0.5) is 0 Å². The maximum absolute atomic E-state index is 9.60. The number of ether oxygens (including phenoxy) is 1. The van der Waals surface area contributed by atoms with E-state index in [4.69, 9.17) is 4.74 Å². The summed E-state index contributed by atoms with van der Waals surface area (Å²) in [4.78, 5) is 0. The van der Waals surface area contributed by atoms with Gasteiger partial charge in [0, 0.05) is 18.7 Å². The van der Waals surface area contributed by atoms with Crippen molar-refractivity contribution >= 4 is 0 Å². The van der Waals surface area contributed by atoms with E-state index in [1.165, 1.54) is 0 Å². The fourth-order valence-electron chi connectivity index (χ4n) is 3.37. The second-order valence-corrected chi connectivity index (χ2v) is 6.02. The van der Waals surface area contributed by atoms with E-state index in [2.05, 4.69) is 31.1 Å². The van der Waals surface area contributed by atoms with Crippen LogP contribution in [-0.2, 0) is 11.2 Å².